The number of carbonyl (C=O) groups is 1. The molecule has 4 rings (SSSR count). The second kappa shape index (κ2) is 7.80. The summed E-state index contributed by atoms with van der Waals surface area (Å²) in [5, 5.41) is 10.7. The molecule has 27 heavy (non-hydrogen) atoms. The maximum Gasteiger partial charge on any atom is 0.323 e. The predicted molar refractivity (Wildman–Crippen MR) is 106 cm³/mol. The van der Waals surface area contributed by atoms with Crippen molar-refractivity contribution in [2.45, 2.75) is 18.8 Å². The second-order valence-corrected chi connectivity index (χ2v) is 7.06. The maximum atomic E-state index is 12.5. The molecule has 1 aliphatic rings. The first-order valence-electron chi connectivity index (χ1n) is 8.97. The van der Waals surface area contributed by atoms with E-state index in [1.807, 2.05) is 35.2 Å². The average molecular weight is 382 g/mol. The number of likely N-dealkylation sites (tertiary alicyclic amines) is 1. The van der Waals surface area contributed by atoms with Gasteiger partial charge in [-0.15, -0.1) is 0 Å². The van der Waals surface area contributed by atoms with Crippen molar-refractivity contribution in [1.29, 1.82) is 0 Å². The number of H-pyrrole nitrogens is 1. The van der Waals surface area contributed by atoms with Gasteiger partial charge in [-0.25, -0.2) is 4.79 Å². The first kappa shape index (κ1) is 17.5. The zero-order valence-electron chi connectivity index (χ0n) is 14.7. The largest absolute Gasteiger partial charge is 0.324 e. The Morgan fingerprint density at radius 2 is 1.93 bits per heavy atom. The van der Waals surface area contributed by atoms with E-state index in [0.29, 0.717) is 11.7 Å². The molecule has 0 unspecified atom stereocenters. The predicted octanol–water partition coefficient (Wildman–Crippen LogP) is 4.54. The van der Waals surface area contributed by atoms with E-state index in [1.165, 1.54) is 5.56 Å². The molecule has 2 amide bonds. The molecule has 7 heteroatoms. The SMILES string of the molecule is O=C(Nc1cc(-c2ccccn2)[nH]n1)N1CCC(c2ccc(Cl)cc2)CC1. The van der Waals surface area contributed by atoms with Gasteiger partial charge in [0.1, 0.15) is 0 Å². The third-order valence-electron chi connectivity index (χ3n) is 4.88. The number of carbonyl (C=O) groups excluding carboxylic acids is 1. The first-order chi connectivity index (χ1) is 13.2. The van der Waals surface area contributed by atoms with Gasteiger partial charge in [-0.2, -0.15) is 5.10 Å². The number of hydrogen-bond donors (Lipinski definition) is 2. The number of piperidine rings is 1. The number of halogens is 1. The van der Waals surface area contributed by atoms with Crippen molar-refractivity contribution in [3.05, 3.63) is 65.3 Å². The highest BCUT2D eigenvalue weighted by Gasteiger charge is 2.24. The molecule has 1 aliphatic heterocycles. The van der Waals surface area contributed by atoms with Gasteiger partial charge in [0.25, 0.3) is 0 Å². The number of benzene rings is 1. The van der Waals surface area contributed by atoms with Crippen LogP contribution >= 0.6 is 11.6 Å². The monoisotopic (exact) mass is 381 g/mol. The number of nitrogens with one attached hydrogen (secondary N) is 2. The third kappa shape index (κ3) is 4.11. The van der Waals surface area contributed by atoms with Crippen molar-refractivity contribution in [3.63, 3.8) is 0 Å². The summed E-state index contributed by atoms with van der Waals surface area (Å²) in [4.78, 5) is 18.6. The minimum absolute atomic E-state index is 0.122. The highest BCUT2D eigenvalue weighted by Crippen LogP contribution is 2.29. The number of urea groups is 1. The number of hydrogen-bond acceptors (Lipinski definition) is 3. The van der Waals surface area contributed by atoms with Crippen molar-refractivity contribution in [2.24, 2.45) is 0 Å². The van der Waals surface area contributed by atoms with Gasteiger partial charge < -0.3 is 4.90 Å². The Morgan fingerprint density at radius 1 is 1.15 bits per heavy atom. The van der Waals surface area contributed by atoms with Crippen molar-refractivity contribution >= 4 is 23.4 Å². The van der Waals surface area contributed by atoms with Crippen LogP contribution in [0.2, 0.25) is 5.02 Å². The lowest BCUT2D eigenvalue weighted by atomic mass is 9.90. The Balaban J connectivity index is 1.33. The Labute approximate surface area is 162 Å². The smallest absolute Gasteiger partial charge is 0.323 e. The average Bonchev–Trinajstić information content (AvgIpc) is 3.18. The molecule has 6 nitrogen and oxygen atoms in total. The minimum atomic E-state index is -0.122. The van der Waals surface area contributed by atoms with Crippen LogP contribution in [0.1, 0.15) is 24.3 Å². The topological polar surface area (TPSA) is 73.9 Å². The quantitative estimate of drug-likeness (QED) is 0.699. The van der Waals surface area contributed by atoms with Crippen molar-refractivity contribution in [2.75, 3.05) is 18.4 Å². The van der Waals surface area contributed by atoms with E-state index in [0.717, 1.165) is 42.3 Å². The summed E-state index contributed by atoms with van der Waals surface area (Å²) in [5.74, 6) is 0.966. The normalized spacial score (nSPS) is 14.9. The van der Waals surface area contributed by atoms with Crippen LogP contribution in [0.5, 0.6) is 0 Å². The number of aromatic amines is 1. The van der Waals surface area contributed by atoms with Crippen LogP contribution in [0.15, 0.2) is 54.7 Å². The number of pyridine rings is 1. The molecule has 1 aromatic carbocycles. The number of anilines is 1. The third-order valence-corrected chi connectivity index (χ3v) is 5.13. The van der Waals surface area contributed by atoms with Crippen molar-refractivity contribution in [1.82, 2.24) is 20.1 Å². The van der Waals surface area contributed by atoms with Gasteiger partial charge in [-0.1, -0.05) is 29.8 Å². The zero-order chi connectivity index (χ0) is 18.6. The van der Waals surface area contributed by atoms with Crippen molar-refractivity contribution in [3.8, 4) is 11.4 Å². The summed E-state index contributed by atoms with van der Waals surface area (Å²) in [5.41, 5.74) is 2.84. The fourth-order valence-corrected chi connectivity index (χ4v) is 3.50. The molecule has 1 saturated heterocycles. The molecule has 0 saturated carbocycles. The van der Waals surface area contributed by atoms with Gasteiger partial charge in [-0.05, 0) is 48.6 Å². The maximum absolute atomic E-state index is 12.5. The summed E-state index contributed by atoms with van der Waals surface area (Å²) in [7, 11) is 0. The molecular formula is C20H20ClN5O. The Morgan fingerprint density at radius 3 is 2.63 bits per heavy atom. The molecule has 2 aromatic heterocycles. The summed E-state index contributed by atoms with van der Waals surface area (Å²) < 4.78 is 0. The summed E-state index contributed by atoms with van der Waals surface area (Å²) in [6.07, 6.45) is 3.60. The van der Waals surface area contributed by atoms with Gasteiger partial charge in [0.2, 0.25) is 0 Å². The molecule has 0 radical (unpaired) electrons. The van der Waals surface area contributed by atoms with Crippen LogP contribution in [0.25, 0.3) is 11.4 Å². The number of aromatic nitrogens is 3. The van der Waals surface area contributed by atoms with E-state index >= 15 is 0 Å². The minimum Gasteiger partial charge on any atom is -0.324 e. The van der Waals surface area contributed by atoms with E-state index in [2.05, 4.69) is 32.6 Å². The fraction of sp³-hybridized carbons (Fsp3) is 0.250. The van der Waals surface area contributed by atoms with E-state index in [9.17, 15) is 4.79 Å². The lowest BCUT2D eigenvalue weighted by Crippen LogP contribution is -2.40. The molecule has 3 heterocycles. The van der Waals surface area contributed by atoms with Gasteiger partial charge in [0.05, 0.1) is 11.4 Å². The van der Waals surface area contributed by atoms with Crippen LogP contribution in [0, 0.1) is 0 Å². The fourth-order valence-electron chi connectivity index (χ4n) is 3.38. The number of amides is 2. The second-order valence-electron chi connectivity index (χ2n) is 6.62. The van der Waals surface area contributed by atoms with Gasteiger partial charge in [0, 0.05) is 30.4 Å². The van der Waals surface area contributed by atoms with Gasteiger partial charge in [-0.3, -0.25) is 15.4 Å². The molecule has 3 aromatic rings. The van der Waals surface area contributed by atoms with E-state index in [-0.39, 0.29) is 6.03 Å². The molecule has 0 bridgehead atoms. The van der Waals surface area contributed by atoms with Crippen LogP contribution in [0.4, 0.5) is 10.6 Å². The summed E-state index contributed by atoms with van der Waals surface area (Å²) in [6, 6.07) is 15.3. The van der Waals surface area contributed by atoms with E-state index in [4.69, 9.17) is 11.6 Å². The summed E-state index contributed by atoms with van der Waals surface area (Å²) >= 11 is 5.96. The van der Waals surface area contributed by atoms with Crippen LogP contribution < -0.4 is 5.32 Å². The molecule has 138 valence electrons. The standard InChI is InChI=1S/C20H20ClN5O/c21-16-6-4-14(5-7-16)15-8-11-26(12-9-15)20(27)23-19-13-18(24-25-19)17-3-1-2-10-22-17/h1-7,10,13,15H,8-9,11-12H2,(H2,23,24,25,27). The molecule has 0 aliphatic carbocycles. The molecule has 0 spiro atoms. The first-order valence-corrected chi connectivity index (χ1v) is 9.35. The molecule has 1 fully saturated rings. The van der Waals surface area contributed by atoms with Crippen molar-refractivity contribution < 1.29 is 4.79 Å². The Hall–Kier alpha value is -2.86. The molecule has 0 atom stereocenters. The van der Waals surface area contributed by atoms with E-state index in [1.54, 1.807) is 12.3 Å². The zero-order valence-corrected chi connectivity index (χ0v) is 15.5. The Bertz CT molecular complexity index is 902. The number of rotatable bonds is 3. The number of nitrogens with zero attached hydrogens (tertiary/aromatic N) is 3. The highest BCUT2D eigenvalue weighted by atomic mass is 35.5. The van der Waals surface area contributed by atoms with Gasteiger partial charge in [0.15, 0.2) is 5.82 Å². The van der Waals surface area contributed by atoms with Crippen LogP contribution in [-0.4, -0.2) is 39.2 Å². The summed E-state index contributed by atoms with van der Waals surface area (Å²) in [6.45, 7) is 1.44. The van der Waals surface area contributed by atoms with Gasteiger partial charge >= 0.3 is 6.03 Å². The van der Waals surface area contributed by atoms with E-state index < -0.39 is 0 Å². The lowest BCUT2D eigenvalue weighted by molar-refractivity contribution is 0.194. The molecular weight excluding hydrogens is 362 g/mol. The highest BCUT2D eigenvalue weighted by molar-refractivity contribution is 6.30. The molecule has 2 N–H and O–H groups in total. The van der Waals surface area contributed by atoms with Crippen LogP contribution in [0.3, 0.4) is 0 Å². The Kier molecular flexibility index (Phi) is 5.07. The van der Waals surface area contributed by atoms with Crippen LogP contribution in [-0.2, 0) is 0 Å². The lowest BCUT2D eigenvalue weighted by Gasteiger charge is -2.32.